The summed E-state index contributed by atoms with van der Waals surface area (Å²) in [6, 6.07) is 5.68. The molecule has 0 saturated carbocycles. The first kappa shape index (κ1) is 19.8. The summed E-state index contributed by atoms with van der Waals surface area (Å²) in [6.07, 6.45) is 2.08. The van der Waals surface area contributed by atoms with Gasteiger partial charge in [-0.3, -0.25) is 8.69 Å². The van der Waals surface area contributed by atoms with Crippen molar-refractivity contribution >= 4 is 22.2 Å². The molecule has 1 saturated heterocycles. The number of nitrogens with one attached hydrogen (secondary N) is 1. The Kier molecular flexibility index (Phi) is 4.98. The number of rotatable bonds is 4. The predicted molar refractivity (Wildman–Crippen MR) is 107 cm³/mol. The molecule has 154 valence electrons. The zero-order chi connectivity index (χ0) is 20.1. The fourth-order valence-corrected chi connectivity index (χ4v) is 5.95. The van der Waals surface area contributed by atoms with Gasteiger partial charge in [0.15, 0.2) is 0 Å². The topological polar surface area (TPSA) is 32.3 Å². The van der Waals surface area contributed by atoms with Gasteiger partial charge in [-0.25, -0.2) is 0 Å². The highest BCUT2D eigenvalue weighted by Crippen LogP contribution is 2.43. The summed E-state index contributed by atoms with van der Waals surface area (Å²) in [5, 5.41) is 3.54. The number of hydrogen-bond donors (Lipinski definition) is 1. The first-order valence-corrected chi connectivity index (χ1v) is 11.2. The Balaban J connectivity index is 1.62. The van der Waals surface area contributed by atoms with Crippen molar-refractivity contribution in [1.82, 2.24) is 0 Å². The molecule has 0 aliphatic carbocycles. The van der Waals surface area contributed by atoms with Gasteiger partial charge >= 0.3 is 6.18 Å². The zero-order valence-corrected chi connectivity index (χ0v) is 17.0. The van der Waals surface area contributed by atoms with Crippen LogP contribution in [-0.4, -0.2) is 65.1 Å². The largest absolute Gasteiger partial charge is 0.405 e. The highest BCUT2D eigenvalue weighted by Gasteiger charge is 2.48. The van der Waals surface area contributed by atoms with Crippen LogP contribution in [0.5, 0.6) is 0 Å². The van der Waals surface area contributed by atoms with E-state index >= 15 is 0 Å². The molecular weight excluding hydrogens is 387 g/mol. The molecule has 3 heterocycles. The molecule has 1 fully saturated rings. The second-order valence-corrected chi connectivity index (χ2v) is 10.2. The van der Waals surface area contributed by atoms with E-state index in [0.29, 0.717) is 28.1 Å². The maximum absolute atomic E-state index is 13.4. The summed E-state index contributed by atoms with van der Waals surface area (Å²) in [5.41, 5.74) is 2.59. The number of benzene rings is 1. The minimum Gasteiger partial charge on any atom is -0.382 e. The number of halogens is 3. The molecule has 1 N–H and O–H groups in total. The molecule has 2 atom stereocenters. The third kappa shape index (κ3) is 3.81. The standard InChI is InChI=1S/C20H27F3N3OS/c1-26(2)9-6-19(26)18-12-15-16(24-14-7-10-28(27)11-8-14)4-3-5-17(15)25(18)13-20(21,22)23/h3-6,9,14,18-19,24H,7-8,10-13H2,1-2H3/q+1. The van der Waals surface area contributed by atoms with Gasteiger partial charge < -0.3 is 10.2 Å². The van der Waals surface area contributed by atoms with Crippen LogP contribution >= 0.6 is 0 Å². The average molecular weight is 415 g/mol. The minimum absolute atomic E-state index is 0.0414. The summed E-state index contributed by atoms with van der Waals surface area (Å²) in [7, 11) is 3.32. The molecule has 4 rings (SSSR count). The van der Waals surface area contributed by atoms with E-state index in [9.17, 15) is 17.4 Å². The fraction of sp³-hybridized carbons (Fsp3) is 0.600. The van der Waals surface area contributed by atoms with Crippen LogP contribution in [0.15, 0.2) is 30.5 Å². The van der Waals surface area contributed by atoms with E-state index in [1.54, 1.807) is 4.90 Å². The van der Waals surface area contributed by atoms with E-state index in [1.165, 1.54) is 0 Å². The van der Waals surface area contributed by atoms with Gasteiger partial charge in [-0.1, -0.05) is 6.07 Å². The maximum atomic E-state index is 13.4. The molecule has 3 aliphatic heterocycles. The summed E-state index contributed by atoms with van der Waals surface area (Å²) in [4.78, 5) is 1.55. The SMILES string of the molecule is C[N+]1(C)C=CC1C1Cc2c(NC3CCS(=O)CC3)cccc2N1CC(F)(F)F. The van der Waals surface area contributed by atoms with Gasteiger partial charge in [0, 0.05) is 57.8 Å². The number of hydrogen-bond acceptors (Lipinski definition) is 3. The molecular formula is C20H27F3N3OS+. The van der Waals surface area contributed by atoms with Crippen molar-refractivity contribution in [3.8, 4) is 0 Å². The second kappa shape index (κ2) is 7.06. The lowest BCUT2D eigenvalue weighted by atomic mass is 9.95. The lowest BCUT2D eigenvalue weighted by molar-refractivity contribution is -0.877. The Hall–Kier alpha value is -1.54. The van der Waals surface area contributed by atoms with Crippen LogP contribution in [-0.2, 0) is 17.2 Å². The van der Waals surface area contributed by atoms with Crippen LogP contribution in [0.1, 0.15) is 18.4 Å². The number of nitrogens with zero attached hydrogens (tertiary/aromatic N) is 2. The lowest BCUT2D eigenvalue weighted by Crippen LogP contribution is -2.60. The third-order valence-corrected chi connectivity index (χ3v) is 7.58. The summed E-state index contributed by atoms with van der Waals surface area (Å²) < 4.78 is 52.3. The van der Waals surface area contributed by atoms with Crippen molar-refractivity contribution in [2.75, 3.05) is 42.4 Å². The quantitative estimate of drug-likeness (QED) is 0.768. The first-order chi connectivity index (χ1) is 13.1. The first-order valence-electron chi connectivity index (χ1n) is 9.73. The molecule has 28 heavy (non-hydrogen) atoms. The van der Waals surface area contributed by atoms with Crippen LogP contribution in [0.25, 0.3) is 0 Å². The van der Waals surface area contributed by atoms with Gasteiger partial charge in [-0.2, -0.15) is 13.2 Å². The molecule has 8 heteroatoms. The summed E-state index contributed by atoms with van der Waals surface area (Å²) in [5.74, 6) is 1.38. The van der Waals surface area contributed by atoms with Crippen molar-refractivity contribution in [3.05, 3.63) is 36.0 Å². The zero-order valence-electron chi connectivity index (χ0n) is 16.2. The molecule has 2 unspecified atom stereocenters. The lowest BCUT2D eigenvalue weighted by Gasteiger charge is -2.45. The second-order valence-electron chi connectivity index (χ2n) is 8.55. The smallest absolute Gasteiger partial charge is 0.382 e. The van der Waals surface area contributed by atoms with E-state index in [4.69, 9.17) is 0 Å². The molecule has 0 bridgehead atoms. The molecule has 0 radical (unpaired) electrons. The number of fused-ring (bicyclic) bond motifs is 1. The average Bonchev–Trinajstić information content (AvgIpc) is 2.93. The van der Waals surface area contributed by atoms with Gasteiger partial charge in [0.2, 0.25) is 0 Å². The van der Waals surface area contributed by atoms with E-state index in [2.05, 4.69) is 5.32 Å². The van der Waals surface area contributed by atoms with Crippen LogP contribution in [0.2, 0.25) is 0 Å². The number of alkyl halides is 3. The highest BCUT2D eigenvalue weighted by molar-refractivity contribution is 7.85. The Labute approximate surface area is 166 Å². The minimum atomic E-state index is -4.25. The Morgan fingerprint density at radius 2 is 1.96 bits per heavy atom. The number of anilines is 2. The monoisotopic (exact) mass is 414 g/mol. The van der Waals surface area contributed by atoms with E-state index in [-0.39, 0.29) is 18.1 Å². The normalized spacial score (nSPS) is 31.4. The third-order valence-electron chi connectivity index (χ3n) is 6.20. The van der Waals surface area contributed by atoms with Crippen LogP contribution in [0.4, 0.5) is 24.5 Å². The van der Waals surface area contributed by atoms with Crippen LogP contribution < -0.4 is 10.2 Å². The molecule has 1 aromatic carbocycles. The molecule has 0 amide bonds. The van der Waals surface area contributed by atoms with Crippen LogP contribution in [0.3, 0.4) is 0 Å². The number of quaternary nitrogens is 1. The van der Waals surface area contributed by atoms with E-state index < -0.39 is 23.5 Å². The van der Waals surface area contributed by atoms with E-state index in [0.717, 1.165) is 24.1 Å². The molecule has 4 nitrogen and oxygen atoms in total. The number of likely N-dealkylation sites (N-methyl/N-ethyl adjacent to an activating group) is 1. The van der Waals surface area contributed by atoms with Gasteiger partial charge in [0.25, 0.3) is 0 Å². The Morgan fingerprint density at radius 3 is 2.54 bits per heavy atom. The van der Waals surface area contributed by atoms with Gasteiger partial charge in [-0.05, 0) is 25.0 Å². The van der Waals surface area contributed by atoms with Gasteiger partial charge in [-0.15, -0.1) is 0 Å². The highest BCUT2D eigenvalue weighted by atomic mass is 32.2. The van der Waals surface area contributed by atoms with Crippen molar-refractivity contribution in [1.29, 1.82) is 0 Å². The van der Waals surface area contributed by atoms with Crippen molar-refractivity contribution in [2.24, 2.45) is 0 Å². The molecule has 1 aromatic rings. The maximum Gasteiger partial charge on any atom is 0.405 e. The van der Waals surface area contributed by atoms with Gasteiger partial charge in [0.05, 0.1) is 26.3 Å². The molecule has 3 aliphatic rings. The Bertz CT molecular complexity index is 798. The Morgan fingerprint density at radius 1 is 1.25 bits per heavy atom. The fourth-order valence-electron chi connectivity index (χ4n) is 4.65. The van der Waals surface area contributed by atoms with E-state index in [1.807, 2.05) is 44.6 Å². The molecule has 0 spiro atoms. The summed E-state index contributed by atoms with van der Waals surface area (Å²) >= 11 is 0. The summed E-state index contributed by atoms with van der Waals surface area (Å²) in [6.45, 7) is -0.930. The van der Waals surface area contributed by atoms with Crippen LogP contribution in [0, 0.1) is 0 Å². The van der Waals surface area contributed by atoms with Crippen molar-refractivity contribution in [2.45, 2.75) is 43.6 Å². The molecule has 0 aromatic heterocycles. The van der Waals surface area contributed by atoms with Crippen molar-refractivity contribution in [3.63, 3.8) is 0 Å². The predicted octanol–water partition coefficient (Wildman–Crippen LogP) is 3.28. The van der Waals surface area contributed by atoms with Crippen molar-refractivity contribution < 1.29 is 21.9 Å². The van der Waals surface area contributed by atoms with Gasteiger partial charge in [0.1, 0.15) is 12.6 Å².